The summed E-state index contributed by atoms with van der Waals surface area (Å²) < 4.78 is 13.3. The standard InChI is InChI=1S/C16H18FN3O2/c17-9-1-6-12-13(8-15(21)20-14(12)7-9)16(22)19-11-4-2-10(18)3-5-11/h1,6-8,10-11H,2-5,18H2,(H,19,22)(H,20,21)/t10-,11-. The molecule has 1 aromatic heterocycles. The molecule has 5 nitrogen and oxygen atoms in total. The zero-order chi connectivity index (χ0) is 15.7. The average Bonchev–Trinajstić information content (AvgIpc) is 2.48. The highest BCUT2D eigenvalue weighted by molar-refractivity contribution is 6.06. The molecule has 22 heavy (non-hydrogen) atoms. The van der Waals surface area contributed by atoms with Crippen LogP contribution in [0, 0.1) is 5.82 Å². The van der Waals surface area contributed by atoms with Gasteiger partial charge in [0.05, 0.1) is 11.1 Å². The van der Waals surface area contributed by atoms with Crippen molar-refractivity contribution < 1.29 is 14.3 Å². The van der Waals surface area contributed by atoms with Crippen LogP contribution in [0.25, 0.3) is 10.9 Å². The van der Waals surface area contributed by atoms with Gasteiger partial charge in [0.15, 0.2) is 0 Å². The second-order valence-electron chi connectivity index (χ2n) is 5.77. The third-order valence-corrected chi connectivity index (χ3v) is 4.11. The third-order valence-electron chi connectivity index (χ3n) is 4.11. The number of rotatable bonds is 2. The van der Waals surface area contributed by atoms with E-state index in [1.165, 1.54) is 24.3 Å². The lowest BCUT2D eigenvalue weighted by Gasteiger charge is -2.27. The second kappa shape index (κ2) is 5.88. The van der Waals surface area contributed by atoms with Gasteiger partial charge in [0.25, 0.3) is 5.91 Å². The number of aromatic hydroxyl groups is 1. The lowest BCUT2D eigenvalue weighted by atomic mass is 9.91. The van der Waals surface area contributed by atoms with Crippen LogP contribution in [-0.4, -0.2) is 28.1 Å². The largest absolute Gasteiger partial charge is 0.493 e. The molecule has 6 heteroatoms. The molecule has 0 spiro atoms. The minimum atomic E-state index is -0.460. The zero-order valence-corrected chi connectivity index (χ0v) is 12.1. The maximum absolute atomic E-state index is 13.3. The maximum atomic E-state index is 13.3. The molecule has 1 saturated carbocycles. The van der Waals surface area contributed by atoms with E-state index in [9.17, 15) is 14.3 Å². The summed E-state index contributed by atoms with van der Waals surface area (Å²) >= 11 is 0. The number of amides is 1. The predicted molar refractivity (Wildman–Crippen MR) is 81.1 cm³/mol. The van der Waals surface area contributed by atoms with E-state index in [0.717, 1.165) is 25.7 Å². The Labute approximate surface area is 127 Å². The summed E-state index contributed by atoms with van der Waals surface area (Å²) in [5.41, 5.74) is 6.42. The Balaban J connectivity index is 1.87. The number of nitrogens with one attached hydrogen (secondary N) is 1. The Morgan fingerprint density at radius 1 is 1.27 bits per heavy atom. The van der Waals surface area contributed by atoms with Crippen molar-refractivity contribution in [3.05, 3.63) is 35.6 Å². The van der Waals surface area contributed by atoms with Gasteiger partial charge in [-0.25, -0.2) is 9.37 Å². The van der Waals surface area contributed by atoms with Crippen molar-refractivity contribution in [3.8, 4) is 5.88 Å². The van der Waals surface area contributed by atoms with Gasteiger partial charge < -0.3 is 16.2 Å². The molecule has 0 aliphatic heterocycles. The van der Waals surface area contributed by atoms with Gasteiger partial charge in [0, 0.05) is 29.6 Å². The number of hydrogen-bond donors (Lipinski definition) is 3. The van der Waals surface area contributed by atoms with Crippen molar-refractivity contribution in [2.24, 2.45) is 5.73 Å². The van der Waals surface area contributed by atoms with Crippen LogP contribution in [0.1, 0.15) is 36.0 Å². The van der Waals surface area contributed by atoms with Gasteiger partial charge in [0.1, 0.15) is 5.82 Å². The highest BCUT2D eigenvalue weighted by Crippen LogP contribution is 2.23. The lowest BCUT2D eigenvalue weighted by Crippen LogP contribution is -2.40. The molecule has 116 valence electrons. The SMILES string of the molecule is N[C@H]1CC[C@H](NC(=O)c2cc(O)nc3cc(F)ccc23)CC1. The molecule has 3 rings (SSSR count). The van der Waals surface area contributed by atoms with Crippen molar-refractivity contribution in [1.82, 2.24) is 10.3 Å². The van der Waals surface area contributed by atoms with Crippen LogP contribution < -0.4 is 11.1 Å². The second-order valence-corrected chi connectivity index (χ2v) is 5.77. The van der Waals surface area contributed by atoms with Crippen molar-refractivity contribution in [3.63, 3.8) is 0 Å². The van der Waals surface area contributed by atoms with Crippen LogP contribution in [0.4, 0.5) is 4.39 Å². The molecule has 1 amide bonds. The molecule has 1 heterocycles. The van der Waals surface area contributed by atoms with E-state index in [0.29, 0.717) is 10.9 Å². The average molecular weight is 303 g/mol. The summed E-state index contributed by atoms with van der Waals surface area (Å²) in [6.07, 6.45) is 3.46. The first kappa shape index (κ1) is 14.7. The molecule has 0 atom stereocenters. The lowest BCUT2D eigenvalue weighted by molar-refractivity contribution is 0.0927. The molecule has 1 fully saturated rings. The Hall–Kier alpha value is -2.21. The first-order chi connectivity index (χ1) is 10.5. The number of halogens is 1. The Morgan fingerprint density at radius 3 is 2.73 bits per heavy atom. The van der Waals surface area contributed by atoms with Gasteiger partial charge in [-0.3, -0.25) is 4.79 Å². The van der Waals surface area contributed by atoms with Crippen LogP contribution in [0.3, 0.4) is 0 Å². The van der Waals surface area contributed by atoms with Gasteiger partial charge in [-0.05, 0) is 37.8 Å². The van der Waals surface area contributed by atoms with Crippen molar-refractivity contribution in [1.29, 1.82) is 0 Å². The Bertz CT molecular complexity index is 707. The van der Waals surface area contributed by atoms with Crippen LogP contribution in [0.5, 0.6) is 5.88 Å². The van der Waals surface area contributed by atoms with E-state index < -0.39 is 5.82 Å². The fraction of sp³-hybridized carbons (Fsp3) is 0.375. The minimum absolute atomic E-state index is 0.0816. The maximum Gasteiger partial charge on any atom is 0.252 e. The molecular formula is C16H18FN3O2. The minimum Gasteiger partial charge on any atom is -0.493 e. The molecule has 4 N–H and O–H groups in total. The summed E-state index contributed by atoms with van der Waals surface area (Å²) in [6, 6.07) is 5.58. The van der Waals surface area contributed by atoms with Gasteiger partial charge in [-0.2, -0.15) is 0 Å². The number of benzene rings is 1. The highest BCUT2D eigenvalue weighted by Gasteiger charge is 2.22. The van der Waals surface area contributed by atoms with Gasteiger partial charge >= 0.3 is 0 Å². The molecule has 0 saturated heterocycles. The van der Waals surface area contributed by atoms with Crippen LogP contribution >= 0.6 is 0 Å². The van der Waals surface area contributed by atoms with Crippen LogP contribution in [0.15, 0.2) is 24.3 Å². The van der Waals surface area contributed by atoms with E-state index in [-0.39, 0.29) is 29.4 Å². The van der Waals surface area contributed by atoms with E-state index >= 15 is 0 Å². The van der Waals surface area contributed by atoms with Crippen LogP contribution in [-0.2, 0) is 0 Å². The molecule has 0 bridgehead atoms. The fourth-order valence-corrected chi connectivity index (χ4v) is 2.90. The predicted octanol–water partition coefficient (Wildman–Crippen LogP) is 2.08. The first-order valence-corrected chi connectivity index (χ1v) is 7.38. The number of carbonyl (C=O) groups excluding carboxylic acids is 1. The van der Waals surface area contributed by atoms with Gasteiger partial charge in [-0.1, -0.05) is 0 Å². The van der Waals surface area contributed by atoms with Gasteiger partial charge in [-0.15, -0.1) is 0 Å². The summed E-state index contributed by atoms with van der Waals surface area (Å²) in [4.78, 5) is 16.3. The molecule has 1 aliphatic rings. The Morgan fingerprint density at radius 2 is 2.00 bits per heavy atom. The monoisotopic (exact) mass is 303 g/mol. The quantitative estimate of drug-likeness (QED) is 0.792. The first-order valence-electron chi connectivity index (χ1n) is 7.38. The van der Waals surface area contributed by atoms with E-state index in [4.69, 9.17) is 5.73 Å². The normalized spacial score (nSPS) is 21.7. The number of carbonyl (C=O) groups is 1. The molecule has 0 unspecified atom stereocenters. The summed E-state index contributed by atoms with van der Waals surface area (Å²) in [6.45, 7) is 0. The molecule has 1 aromatic carbocycles. The van der Waals surface area contributed by atoms with E-state index in [1.807, 2.05) is 0 Å². The molecule has 2 aromatic rings. The summed E-state index contributed by atoms with van der Waals surface area (Å²) in [5, 5.41) is 13.1. The molecular weight excluding hydrogens is 285 g/mol. The number of aromatic nitrogens is 1. The smallest absolute Gasteiger partial charge is 0.252 e. The van der Waals surface area contributed by atoms with Crippen molar-refractivity contribution in [2.45, 2.75) is 37.8 Å². The van der Waals surface area contributed by atoms with Crippen molar-refractivity contribution >= 4 is 16.8 Å². The summed E-state index contributed by atoms with van der Waals surface area (Å²) in [5.74, 6) is -1.04. The summed E-state index contributed by atoms with van der Waals surface area (Å²) in [7, 11) is 0. The zero-order valence-electron chi connectivity index (χ0n) is 12.1. The van der Waals surface area contributed by atoms with Crippen LogP contribution in [0.2, 0.25) is 0 Å². The number of pyridine rings is 1. The molecule has 1 aliphatic carbocycles. The fourth-order valence-electron chi connectivity index (χ4n) is 2.90. The third kappa shape index (κ3) is 3.01. The van der Waals surface area contributed by atoms with E-state index in [2.05, 4.69) is 10.3 Å². The topological polar surface area (TPSA) is 88.2 Å². The van der Waals surface area contributed by atoms with E-state index in [1.54, 1.807) is 0 Å². The highest BCUT2D eigenvalue weighted by atomic mass is 19.1. The van der Waals surface area contributed by atoms with Gasteiger partial charge in [0.2, 0.25) is 5.88 Å². The molecule has 0 radical (unpaired) electrons. The Kier molecular flexibility index (Phi) is 3.94. The number of hydrogen-bond acceptors (Lipinski definition) is 4. The van der Waals surface area contributed by atoms with Crippen molar-refractivity contribution in [2.75, 3.05) is 0 Å². The number of nitrogens with zero attached hydrogens (tertiary/aromatic N) is 1. The number of nitrogens with two attached hydrogens (primary N) is 1. The number of fused-ring (bicyclic) bond motifs is 1.